The third-order valence-corrected chi connectivity index (χ3v) is 5.83. The molecule has 0 unspecified atom stereocenters. The second-order valence-electron chi connectivity index (χ2n) is 7.47. The molecule has 2 nitrogen and oxygen atoms in total. The number of para-hydroxylation sites is 1. The first kappa shape index (κ1) is 15.4. The van der Waals surface area contributed by atoms with E-state index in [1.165, 1.54) is 22.3 Å². The fraction of sp³-hybridized carbons (Fsp3) is 0.0385. The number of hydrogen-bond donors (Lipinski definition) is 1. The van der Waals surface area contributed by atoms with Crippen molar-refractivity contribution in [2.75, 3.05) is 0 Å². The van der Waals surface area contributed by atoms with E-state index in [0.29, 0.717) is 0 Å². The number of H-pyrrole nitrogens is 1. The summed E-state index contributed by atoms with van der Waals surface area (Å²) in [5.41, 5.74) is 9.47. The number of pyridine rings is 1. The average Bonchev–Trinajstić information content (AvgIpc) is 3.11. The first-order valence-electron chi connectivity index (χ1n) is 9.54. The maximum Gasteiger partial charge on any atom is 0.197 e. The van der Waals surface area contributed by atoms with Crippen LogP contribution in [0, 0.1) is 0 Å². The lowest BCUT2D eigenvalue weighted by atomic mass is 9.97. The quantitative estimate of drug-likeness (QED) is 0.363. The zero-order valence-corrected chi connectivity index (χ0v) is 15.2. The van der Waals surface area contributed by atoms with Crippen LogP contribution < -0.4 is 5.43 Å². The van der Waals surface area contributed by atoms with E-state index < -0.39 is 0 Å². The highest BCUT2D eigenvalue weighted by atomic mass is 16.1. The summed E-state index contributed by atoms with van der Waals surface area (Å²) >= 11 is 0. The van der Waals surface area contributed by atoms with Crippen LogP contribution in [-0.2, 0) is 6.42 Å². The van der Waals surface area contributed by atoms with Crippen molar-refractivity contribution < 1.29 is 0 Å². The molecule has 0 radical (unpaired) electrons. The molecular weight excluding hydrogens is 342 g/mol. The molecule has 132 valence electrons. The van der Waals surface area contributed by atoms with Crippen LogP contribution >= 0.6 is 0 Å². The topological polar surface area (TPSA) is 32.9 Å². The summed E-state index contributed by atoms with van der Waals surface area (Å²) in [7, 11) is 0. The van der Waals surface area contributed by atoms with Gasteiger partial charge in [0.05, 0.1) is 0 Å². The molecule has 2 heteroatoms. The molecule has 1 aliphatic rings. The van der Waals surface area contributed by atoms with Crippen molar-refractivity contribution in [3.8, 4) is 22.3 Å². The zero-order chi connectivity index (χ0) is 18.7. The van der Waals surface area contributed by atoms with Crippen molar-refractivity contribution in [3.05, 3.63) is 106 Å². The first-order chi connectivity index (χ1) is 13.8. The molecule has 0 aliphatic heterocycles. The van der Waals surface area contributed by atoms with Crippen LogP contribution in [0.15, 0.2) is 89.7 Å². The highest BCUT2D eigenvalue weighted by Gasteiger charge is 2.18. The third-order valence-electron chi connectivity index (χ3n) is 5.83. The molecule has 4 aromatic carbocycles. The Bertz CT molecular complexity index is 1460. The van der Waals surface area contributed by atoms with Gasteiger partial charge in [-0.25, -0.2) is 0 Å². The molecule has 6 rings (SSSR count). The van der Waals surface area contributed by atoms with E-state index in [0.717, 1.165) is 39.4 Å². The fourth-order valence-corrected chi connectivity index (χ4v) is 4.43. The molecule has 1 N–H and O–H groups in total. The molecule has 0 saturated heterocycles. The number of nitrogens with one attached hydrogen (secondary N) is 1. The van der Waals surface area contributed by atoms with E-state index in [1.54, 1.807) is 0 Å². The van der Waals surface area contributed by atoms with E-state index in [4.69, 9.17) is 0 Å². The third kappa shape index (κ3) is 2.18. The molecule has 1 aliphatic carbocycles. The van der Waals surface area contributed by atoms with Gasteiger partial charge in [-0.3, -0.25) is 4.79 Å². The molecule has 0 saturated carbocycles. The average molecular weight is 359 g/mol. The number of hydrogen-bond acceptors (Lipinski definition) is 1. The summed E-state index contributed by atoms with van der Waals surface area (Å²) in [6.07, 6.45) is 0.970. The second-order valence-corrected chi connectivity index (χ2v) is 7.47. The van der Waals surface area contributed by atoms with Crippen molar-refractivity contribution in [2.45, 2.75) is 6.42 Å². The van der Waals surface area contributed by atoms with Crippen molar-refractivity contribution in [1.29, 1.82) is 0 Å². The van der Waals surface area contributed by atoms with E-state index >= 15 is 0 Å². The highest BCUT2D eigenvalue weighted by molar-refractivity contribution is 5.94. The predicted octanol–water partition coefficient (Wildman–Crippen LogP) is 5.92. The Morgan fingerprint density at radius 2 is 1.32 bits per heavy atom. The molecule has 1 heterocycles. The summed E-state index contributed by atoms with van der Waals surface area (Å²) < 4.78 is 0. The van der Waals surface area contributed by atoms with Gasteiger partial charge in [0.2, 0.25) is 0 Å². The van der Waals surface area contributed by atoms with Gasteiger partial charge >= 0.3 is 0 Å². The van der Waals surface area contributed by atoms with Gasteiger partial charge < -0.3 is 4.98 Å². The van der Waals surface area contributed by atoms with Crippen LogP contribution in [0.5, 0.6) is 0 Å². The van der Waals surface area contributed by atoms with E-state index in [-0.39, 0.29) is 5.43 Å². The van der Waals surface area contributed by atoms with Gasteiger partial charge in [-0.15, -0.1) is 0 Å². The second kappa shape index (κ2) is 5.67. The van der Waals surface area contributed by atoms with Gasteiger partial charge in [-0.05, 0) is 64.1 Å². The zero-order valence-electron chi connectivity index (χ0n) is 15.2. The minimum Gasteiger partial charge on any atom is -0.354 e. The van der Waals surface area contributed by atoms with Crippen LogP contribution in [0.1, 0.15) is 11.1 Å². The van der Waals surface area contributed by atoms with Crippen LogP contribution in [0.25, 0.3) is 44.1 Å². The Balaban J connectivity index is 1.52. The number of fused-ring (bicyclic) bond motifs is 5. The van der Waals surface area contributed by atoms with Crippen LogP contribution in [0.3, 0.4) is 0 Å². The number of aromatic nitrogens is 1. The van der Waals surface area contributed by atoms with Crippen molar-refractivity contribution in [3.63, 3.8) is 0 Å². The standard InChI is InChI=1S/C26H17NO/c28-26-22-7-3-4-8-24(22)27-25-12-10-17(15-23(25)26)16-9-11-21-19(13-16)14-18-5-1-2-6-20(18)21/h1-13,15H,14H2,(H,27,28). The first-order valence-corrected chi connectivity index (χ1v) is 9.54. The van der Waals surface area contributed by atoms with Crippen molar-refractivity contribution in [2.24, 2.45) is 0 Å². The van der Waals surface area contributed by atoms with E-state index in [1.807, 2.05) is 36.4 Å². The maximum absolute atomic E-state index is 13.0. The molecule has 0 amide bonds. The monoisotopic (exact) mass is 359 g/mol. The molecule has 0 spiro atoms. The summed E-state index contributed by atoms with van der Waals surface area (Å²) in [6, 6.07) is 29.1. The summed E-state index contributed by atoms with van der Waals surface area (Å²) in [5, 5.41) is 1.47. The van der Waals surface area contributed by atoms with Gasteiger partial charge in [0.15, 0.2) is 5.43 Å². The van der Waals surface area contributed by atoms with Crippen LogP contribution in [0.2, 0.25) is 0 Å². The maximum atomic E-state index is 13.0. The molecular formula is C26H17NO. The van der Waals surface area contributed by atoms with Crippen LogP contribution in [0.4, 0.5) is 0 Å². The van der Waals surface area contributed by atoms with Gasteiger partial charge in [0.1, 0.15) is 0 Å². The summed E-state index contributed by atoms with van der Waals surface area (Å²) in [6.45, 7) is 0. The van der Waals surface area contributed by atoms with E-state index in [9.17, 15) is 4.79 Å². The lowest BCUT2D eigenvalue weighted by Gasteiger charge is -2.08. The van der Waals surface area contributed by atoms with Crippen LogP contribution in [-0.4, -0.2) is 4.98 Å². The highest BCUT2D eigenvalue weighted by Crippen LogP contribution is 2.38. The van der Waals surface area contributed by atoms with Gasteiger partial charge in [-0.1, -0.05) is 60.7 Å². The Morgan fingerprint density at radius 3 is 2.29 bits per heavy atom. The van der Waals surface area contributed by atoms with E-state index in [2.05, 4.69) is 53.5 Å². The molecule has 0 fully saturated rings. The lowest BCUT2D eigenvalue weighted by molar-refractivity contribution is 1.26. The fourth-order valence-electron chi connectivity index (χ4n) is 4.43. The molecule has 28 heavy (non-hydrogen) atoms. The van der Waals surface area contributed by atoms with Gasteiger partial charge in [0.25, 0.3) is 0 Å². The number of aromatic amines is 1. The molecule has 0 bridgehead atoms. The normalized spacial score (nSPS) is 12.3. The molecule has 0 atom stereocenters. The Morgan fingerprint density at radius 1 is 0.607 bits per heavy atom. The molecule has 5 aromatic rings. The number of benzene rings is 4. The summed E-state index contributed by atoms with van der Waals surface area (Å²) in [5.74, 6) is 0. The number of rotatable bonds is 1. The Labute approximate surface area is 162 Å². The summed E-state index contributed by atoms with van der Waals surface area (Å²) in [4.78, 5) is 16.4. The lowest BCUT2D eigenvalue weighted by Crippen LogP contribution is -2.04. The SMILES string of the molecule is O=c1c2ccccc2[nH]c2ccc(-c3ccc4c(c3)Cc3ccccc3-4)cc12. The predicted molar refractivity (Wildman–Crippen MR) is 116 cm³/mol. The van der Waals surface area contributed by atoms with Crippen molar-refractivity contribution in [1.82, 2.24) is 4.98 Å². The smallest absolute Gasteiger partial charge is 0.197 e. The Hall–Kier alpha value is -3.65. The Kier molecular flexibility index (Phi) is 3.12. The minimum atomic E-state index is 0.0831. The van der Waals surface area contributed by atoms with Gasteiger partial charge in [0, 0.05) is 21.8 Å². The minimum absolute atomic E-state index is 0.0831. The molecule has 1 aromatic heterocycles. The largest absolute Gasteiger partial charge is 0.354 e. The van der Waals surface area contributed by atoms with Crippen molar-refractivity contribution >= 4 is 21.8 Å². The van der Waals surface area contributed by atoms with Gasteiger partial charge in [-0.2, -0.15) is 0 Å².